The number of para-hydroxylation sites is 7. The molecule has 0 aliphatic carbocycles. The van der Waals surface area contributed by atoms with Crippen LogP contribution < -0.4 is 4.90 Å². The first-order chi connectivity index (χ1) is 33.3. The molecule has 0 bridgehead atoms. The summed E-state index contributed by atoms with van der Waals surface area (Å²) in [5.41, 5.74) is 17.6. The second-order valence-electron chi connectivity index (χ2n) is 17.2. The number of anilines is 3. The normalized spacial score (nSPS) is 11.6. The van der Waals surface area contributed by atoms with Crippen LogP contribution in [0.4, 0.5) is 17.1 Å². The van der Waals surface area contributed by atoms with Gasteiger partial charge in [-0.15, -0.1) is 0 Å². The van der Waals surface area contributed by atoms with E-state index in [-0.39, 0.29) is 0 Å². The van der Waals surface area contributed by atoms with Crippen molar-refractivity contribution in [2.75, 3.05) is 4.90 Å². The van der Waals surface area contributed by atoms with Gasteiger partial charge in [0.25, 0.3) is 0 Å². The van der Waals surface area contributed by atoms with Gasteiger partial charge in [0.15, 0.2) is 0 Å². The number of fused-ring (bicyclic) bond motifs is 7. The Balaban J connectivity index is 0.993. The van der Waals surface area contributed by atoms with Gasteiger partial charge in [0.2, 0.25) is 0 Å². The second-order valence-corrected chi connectivity index (χ2v) is 17.2. The summed E-state index contributed by atoms with van der Waals surface area (Å²) in [5, 5.41) is 7.14. The first-order valence-corrected chi connectivity index (χ1v) is 22.9. The van der Waals surface area contributed by atoms with Crippen molar-refractivity contribution in [1.29, 1.82) is 0 Å². The maximum atomic E-state index is 6.69. The summed E-state index contributed by atoms with van der Waals surface area (Å²) in [6.45, 7) is 0. The molecule has 314 valence electrons. The monoisotopic (exact) mass is 854 g/mol. The molecular weight excluding hydrogens is 813 g/mol. The largest absolute Gasteiger partial charge is 0.455 e. The Morgan fingerprint density at radius 3 is 1.51 bits per heavy atom. The highest BCUT2D eigenvalue weighted by atomic mass is 16.3. The summed E-state index contributed by atoms with van der Waals surface area (Å²) in [4.78, 5) is 2.43. The Hall–Kier alpha value is -8.92. The van der Waals surface area contributed by atoms with Gasteiger partial charge < -0.3 is 13.9 Å². The first-order valence-electron chi connectivity index (χ1n) is 22.9. The lowest BCUT2D eigenvalue weighted by atomic mass is 9.93. The number of hydrogen-bond donors (Lipinski definition) is 0. The molecule has 0 amide bonds. The van der Waals surface area contributed by atoms with Crippen LogP contribution >= 0.6 is 0 Å². The number of aromatic nitrogens is 1. The first kappa shape index (κ1) is 38.5. The van der Waals surface area contributed by atoms with E-state index in [0.29, 0.717) is 0 Å². The zero-order valence-electron chi connectivity index (χ0n) is 36.6. The third-order valence-electron chi connectivity index (χ3n) is 13.4. The van der Waals surface area contributed by atoms with Gasteiger partial charge in [-0.05, 0) is 81.6 Å². The Morgan fingerprint density at radius 1 is 0.299 bits per heavy atom. The van der Waals surface area contributed by atoms with E-state index < -0.39 is 0 Å². The molecule has 0 unspecified atom stereocenters. The molecule has 0 N–H and O–H groups in total. The maximum Gasteiger partial charge on any atom is 0.143 e. The highest BCUT2D eigenvalue weighted by Crippen LogP contribution is 2.48. The van der Waals surface area contributed by atoms with Crippen molar-refractivity contribution in [3.8, 4) is 50.2 Å². The Kier molecular flexibility index (Phi) is 9.17. The molecule has 0 saturated carbocycles. The van der Waals surface area contributed by atoms with Crippen LogP contribution in [0.2, 0.25) is 0 Å². The quantitative estimate of drug-likeness (QED) is 0.152. The zero-order valence-corrected chi connectivity index (χ0v) is 36.6. The summed E-state index contributed by atoms with van der Waals surface area (Å²) in [6, 6.07) is 91.9. The van der Waals surface area contributed by atoms with Crippen LogP contribution in [0, 0.1) is 0 Å². The van der Waals surface area contributed by atoms with Crippen LogP contribution in [0.3, 0.4) is 0 Å². The topological polar surface area (TPSA) is 21.3 Å². The van der Waals surface area contributed by atoms with Gasteiger partial charge in [-0.3, -0.25) is 0 Å². The second kappa shape index (κ2) is 16.0. The van der Waals surface area contributed by atoms with Crippen LogP contribution in [0.25, 0.3) is 105 Å². The molecule has 0 atom stereocenters. The van der Waals surface area contributed by atoms with E-state index in [9.17, 15) is 0 Å². The number of rotatable bonds is 8. The number of hydrogen-bond acceptors (Lipinski definition) is 2. The molecule has 0 aliphatic heterocycles. The van der Waals surface area contributed by atoms with Crippen LogP contribution in [0.1, 0.15) is 0 Å². The molecule has 0 radical (unpaired) electrons. The van der Waals surface area contributed by atoms with E-state index in [1.54, 1.807) is 0 Å². The Labute approximate surface area is 388 Å². The van der Waals surface area contributed by atoms with Gasteiger partial charge in [0.1, 0.15) is 11.2 Å². The SMILES string of the molecule is c1ccc(-c2ccccc2-n2c3ccccc3c3ccccc32)c(-c2ccc(N(c3ccccc3-c3cccc4ccccc34)c3ccccc3-c3cccc4c3oc3ccccc34)cc2)c1. The molecule has 2 heterocycles. The minimum absolute atomic E-state index is 0.881. The van der Waals surface area contributed by atoms with Gasteiger partial charge in [0.05, 0.1) is 28.1 Å². The maximum absolute atomic E-state index is 6.69. The molecule has 13 aromatic rings. The van der Waals surface area contributed by atoms with Gasteiger partial charge in [-0.1, -0.05) is 206 Å². The summed E-state index contributed by atoms with van der Waals surface area (Å²) in [6.07, 6.45) is 0. The highest BCUT2D eigenvalue weighted by molar-refractivity contribution is 6.12. The Bertz CT molecular complexity index is 3950. The summed E-state index contributed by atoms with van der Waals surface area (Å²) >= 11 is 0. The molecule has 0 spiro atoms. The lowest BCUT2D eigenvalue weighted by Gasteiger charge is -2.30. The minimum atomic E-state index is 0.881. The minimum Gasteiger partial charge on any atom is -0.455 e. The molecule has 13 rings (SSSR count). The van der Waals surface area contributed by atoms with E-state index in [2.05, 4.69) is 258 Å². The van der Waals surface area contributed by atoms with Crippen molar-refractivity contribution in [3.05, 3.63) is 255 Å². The van der Waals surface area contributed by atoms with E-state index in [4.69, 9.17) is 4.42 Å². The van der Waals surface area contributed by atoms with E-state index in [1.165, 1.54) is 54.8 Å². The van der Waals surface area contributed by atoms with Gasteiger partial charge >= 0.3 is 0 Å². The fourth-order valence-electron chi connectivity index (χ4n) is 10.5. The molecule has 67 heavy (non-hydrogen) atoms. The third kappa shape index (κ3) is 6.35. The summed E-state index contributed by atoms with van der Waals surface area (Å²) in [7, 11) is 0. The van der Waals surface area contributed by atoms with Gasteiger partial charge in [-0.2, -0.15) is 0 Å². The molecule has 0 saturated heterocycles. The summed E-state index contributed by atoms with van der Waals surface area (Å²) in [5.74, 6) is 0. The fraction of sp³-hybridized carbons (Fsp3) is 0. The molecule has 3 heteroatoms. The van der Waals surface area contributed by atoms with E-state index in [0.717, 1.165) is 66.9 Å². The molecular formula is C64H42N2O. The molecule has 3 nitrogen and oxygen atoms in total. The average Bonchev–Trinajstić information content (AvgIpc) is 3.95. The van der Waals surface area contributed by atoms with Crippen LogP contribution in [0.5, 0.6) is 0 Å². The lowest BCUT2D eigenvalue weighted by molar-refractivity contribution is 0.670. The van der Waals surface area contributed by atoms with E-state index >= 15 is 0 Å². The van der Waals surface area contributed by atoms with Crippen molar-refractivity contribution < 1.29 is 4.42 Å². The van der Waals surface area contributed by atoms with Crippen molar-refractivity contribution in [2.45, 2.75) is 0 Å². The number of benzene rings is 11. The van der Waals surface area contributed by atoms with Gasteiger partial charge in [-0.25, -0.2) is 0 Å². The predicted octanol–water partition coefficient (Wildman–Crippen LogP) is 18.0. The zero-order chi connectivity index (χ0) is 44.3. The van der Waals surface area contributed by atoms with Crippen molar-refractivity contribution in [3.63, 3.8) is 0 Å². The van der Waals surface area contributed by atoms with Crippen LogP contribution in [-0.2, 0) is 0 Å². The molecule has 11 aromatic carbocycles. The molecule has 2 aromatic heterocycles. The van der Waals surface area contributed by atoms with Crippen molar-refractivity contribution in [2.24, 2.45) is 0 Å². The number of furan rings is 1. The lowest BCUT2D eigenvalue weighted by Crippen LogP contribution is -2.12. The highest BCUT2D eigenvalue weighted by Gasteiger charge is 2.24. The fourth-order valence-corrected chi connectivity index (χ4v) is 10.5. The van der Waals surface area contributed by atoms with Crippen LogP contribution in [0.15, 0.2) is 259 Å². The van der Waals surface area contributed by atoms with Gasteiger partial charge in [0, 0.05) is 49.5 Å². The van der Waals surface area contributed by atoms with Crippen molar-refractivity contribution in [1.82, 2.24) is 4.57 Å². The van der Waals surface area contributed by atoms with Crippen molar-refractivity contribution >= 4 is 71.6 Å². The van der Waals surface area contributed by atoms with Crippen LogP contribution in [-0.4, -0.2) is 4.57 Å². The molecule has 0 aliphatic rings. The summed E-state index contributed by atoms with van der Waals surface area (Å²) < 4.78 is 9.12. The third-order valence-corrected chi connectivity index (χ3v) is 13.4. The smallest absolute Gasteiger partial charge is 0.143 e. The predicted molar refractivity (Wildman–Crippen MR) is 282 cm³/mol. The average molecular weight is 855 g/mol. The molecule has 0 fully saturated rings. The number of nitrogens with zero attached hydrogens (tertiary/aromatic N) is 2. The standard InChI is InChI=1S/C64H42N2O/c1-2-21-46-43(19-1)20-17-30-49(46)50-24-5-11-33-58(50)65(59-34-12-9-28-54(59)56-31-18-32-57-55-29-10-16-38-63(55)67-64(56)57)45-41-39-44(40-42-45)47-22-3-4-23-48(47)51-25-6-13-35-60(51)66-61-36-14-7-26-52(61)53-27-8-15-37-62(53)66/h1-42H. The Morgan fingerprint density at radius 2 is 0.776 bits per heavy atom. The van der Waals surface area contributed by atoms with E-state index in [1.807, 2.05) is 6.07 Å².